The van der Waals surface area contributed by atoms with Crippen molar-refractivity contribution >= 4 is 45.9 Å². The summed E-state index contributed by atoms with van der Waals surface area (Å²) >= 11 is 7.69. The van der Waals surface area contributed by atoms with Gasteiger partial charge >= 0.3 is 0 Å². The summed E-state index contributed by atoms with van der Waals surface area (Å²) in [5, 5.41) is 4.39. The van der Waals surface area contributed by atoms with E-state index in [4.69, 9.17) is 11.6 Å². The van der Waals surface area contributed by atoms with E-state index in [0.29, 0.717) is 10.6 Å². The van der Waals surface area contributed by atoms with Crippen molar-refractivity contribution in [3.8, 4) is 0 Å². The Balaban J connectivity index is 1.88. The first kappa shape index (κ1) is 14.0. The van der Waals surface area contributed by atoms with Gasteiger partial charge in [-0.15, -0.1) is 11.8 Å². The molecule has 0 radical (unpaired) electrons. The quantitative estimate of drug-likeness (QED) is 0.682. The summed E-state index contributed by atoms with van der Waals surface area (Å²) in [5.74, 6) is -0.203. The van der Waals surface area contributed by atoms with Crippen molar-refractivity contribution in [3.05, 3.63) is 59.2 Å². The van der Waals surface area contributed by atoms with Gasteiger partial charge in [-0.2, -0.15) is 0 Å². The van der Waals surface area contributed by atoms with Gasteiger partial charge in [0, 0.05) is 27.7 Å². The molecule has 0 atom stereocenters. The lowest BCUT2D eigenvalue weighted by molar-refractivity contribution is 0.102. The molecule has 2 N–H and O–H groups in total. The van der Waals surface area contributed by atoms with Gasteiger partial charge in [-0.3, -0.25) is 4.79 Å². The molecule has 0 aliphatic carbocycles. The molecule has 1 amide bonds. The molecule has 21 heavy (non-hydrogen) atoms. The molecule has 1 heterocycles. The fourth-order valence-electron chi connectivity index (χ4n) is 2.13. The Morgan fingerprint density at radius 2 is 2.05 bits per heavy atom. The smallest absolute Gasteiger partial charge is 0.257 e. The first-order chi connectivity index (χ1) is 10.2. The number of rotatable bonds is 3. The van der Waals surface area contributed by atoms with Crippen LogP contribution in [0.1, 0.15) is 10.4 Å². The van der Waals surface area contributed by atoms with E-state index in [0.717, 1.165) is 21.5 Å². The van der Waals surface area contributed by atoms with Gasteiger partial charge in [0.05, 0.1) is 10.6 Å². The van der Waals surface area contributed by atoms with Crippen LogP contribution in [-0.2, 0) is 0 Å². The van der Waals surface area contributed by atoms with Gasteiger partial charge in [-0.1, -0.05) is 11.6 Å². The maximum Gasteiger partial charge on any atom is 0.257 e. The van der Waals surface area contributed by atoms with Crippen molar-refractivity contribution in [3.63, 3.8) is 0 Å². The minimum absolute atomic E-state index is 0.203. The van der Waals surface area contributed by atoms with Crippen molar-refractivity contribution in [2.24, 2.45) is 0 Å². The number of benzene rings is 2. The molecule has 0 bridgehead atoms. The number of hydrogen-bond acceptors (Lipinski definition) is 2. The number of nitrogens with one attached hydrogen (secondary N) is 2. The zero-order valence-electron chi connectivity index (χ0n) is 11.3. The maximum absolute atomic E-state index is 12.4. The van der Waals surface area contributed by atoms with E-state index in [1.165, 1.54) is 0 Å². The van der Waals surface area contributed by atoms with E-state index in [9.17, 15) is 4.79 Å². The Hall–Kier alpha value is -1.91. The molecule has 5 heteroatoms. The fourth-order valence-corrected chi connectivity index (χ4v) is 2.78. The zero-order valence-corrected chi connectivity index (χ0v) is 12.9. The molecule has 106 valence electrons. The number of thioether (sulfide) groups is 1. The van der Waals surface area contributed by atoms with Crippen LogP contribution in [-0.4, -0.2) is 17.1 Å². The summed E-state index contributed by atoms with van der Waals surface area (Å²) in [6.07, 6.45) is 3.83. The highest BCUT2D eigenvalue weighted by atomic mass is 35.5. The molecule has 2 aromatic carbocycles. The average Bonchev–Trinajstić information content (AvgIpc) is 2.95. The number of carbonyl (C=O) groups excluding carboxylic acids is 1. The Labute approximate surface area is 131 Å². The number of halogens is 1. The number of H-pyrrole nitrogens is 1. The summed E-state index contributed by atoms with van der Waals surface area (Å²) < 4.78 is 0. The molecule has 0 saturated heterocycles. The van der Waals surface area contributed by atoms with Crippen LogP contribution >= 0.6 is 23.4 Å². The second kappa shape index (κ2) is 5.84. The summed E-state index contributed by atoms with van der Waals surface area (Å²) in [4.78, 5) is 16.5. The molecule has 3 nitrogen and oxygen atoms in total. The van der Waals surface area contributed by atoms with Crippen molar-refractivity contribution < 1.29 is 4.79 Å². The van der Waals surface area contributed by atoms with E-state index >= 15 is 0 Å². The SMILES string of the molecule is CSc1ccc(Cl)c(C(=O)Nc2ccc3[nH]ccc3c2)c1. The molecular formula is C16H13ClN2OS. The third kappa shape index (κ3) is 2.91. The van der Waals surface area contributed by atoms with E-state index in [2.05, 4.69) is 10.3 Å². The summed E-state index contributed by atoms with van der Waals surface area (Å²) in [6.45, 7) is 0. The van der Waals surface area contributed by atoms with E-state index in [1.54, 1.807) is 23.9 Å². The van der Waals surface area contributed by atoms with E-state index in [1.807, 2.05) is 42.8 Å². The molecule has 0 aliphatic heterocycles. The van der Waals surface area contributed by atoms with Gasteiger partial charge in [0.2, 0.25) is 0 Å². The number of hydrogen-bond donors (Lipinski definition) is 2. The summed E-state index contributed by atoms with van der Waals surface area (Å²) in [5.41, 5.74) is 2.27. The number of amides is 1. The highest BCUT2D eigenvalue weighted by Crippen LogP contribution is 2.24. The second-order valence-corrected chi connectivity index (χ2v) is 5.87. The number of anilines is 1. The predicted octanol–water partition coefficient (Wildman–Crippen LogP) is 4.80. The lowest BCUT2D eigenvalue weighted by Crippen LogP contribution is -2.12. The average molecular weight is 317 g/mol. The Bertz CT molecular complexity index is 813. The highest BCUT2D eigenvalue weighted by molar-refractivity contribution is 7.98. The minimum atomic E-state index is -0.203. The monoisotopic (exact) mass is 316 g/mol. The maximum atomic E-state index is 12.4. The topological polar surface area (TPSA) is 44.9 Å². The van der Waals surface area contributed by atoms with Crippen molar-refractivity contribution in [1.29, 1.82) is 0 Å². The summed E-state index contributed by atoms with van der Waals surface area (Å²) in [6, 6.07) is 13.1. The van der Waals surface area contributed by atoms with E-state index in [-0.39, 0.29) is 5.91 Å². The Morgan fingerprint density at radius 1 is 1.19 bits per heavy atom. The van der Waals surface area contributed by atoms with Gasteiger partial charge < -0.3 is 10.3 Å². The molecule has 0 fully saturated rings. The molecule has 3 rings (SSSR count). The number of carbonyl (C=O) groups is 1. The third-order valence-electron chi connectivity index (χ3n) is 3.23. The minimum Gasteiger partial charge on any atom is -0.361 e. The normalized spacial score (nSPS) is 10.8. The van der Waals surface area contributed by atoms with Crippen LogP contribution in [0.4, 0.5) is 5.69 Å². The Kier molecular flexibility index (Phi) is 3.90. The molecule has 3 aromatic rings. The van der Waals surface area contributed by atoms with Crippen LogP contribution in [0.3, 0.4) is 0 Å². The number of aromatic nitrogens is 1. The molecular weight excluding hydrogens is 304 g/mol. The van der Waals surface area contributed by atoms with Crippen LogP contribution in [0.15, 0.2) is 53.6 Å². The first-order valence-electron chi connectivity index (χ1n) is 6.39. The van der Waals surface area contributed by atoms with Crippen LogP contribution in [0.2, 0.25) is 5.02 Å². The molecule has 1 aromatic heterocycles. The van der Waals surface area contributed by atoms with Gasteiger partial charge in [0.15, 0.2) is 0 Å². The highest BCUT2D eigenvalue weighted by Gasteiger charge is 2.12. The first-order valence-corrected chi connectivity index (χ1v) is 7.99. The molecule has 0 saturated carbocycles. The van der Waals surface area contributed by atoms with E-state index < -0.39 is 0 Å². The van der Waals surface area contributed by atoms with Crippen molar-refractivity contribution in [1.82, 2.24) is 4.98 Å². The summed E-state index contributed by atoms with van der Waals surface area (Å²) in [7, 11) is 0. The second-order valence-electron chi connectivity index (χ2n) is 4.58. The lowest BCUT2D eigenvalue weighted by atomic mass is 10.2. The van der Waals surface area contributed by atoms with Crippen molar-refractivity contribution in [2.45, 2.75) is 4.90 Å². The fraction of sp³-hybridized carbons (Fsp3) is 0.0625. The Morgan fingerprint density at radius 3 is 2.86 bits per heavy atom. The van der Waals surface area contributed by atoms with Crippen LogP contribution in [0.5, 0.6) is 0 Å². The predicted molar refractivity (Wildman–Crippen MR) is 89.5 cm³/mol. The van der Waals surface area contributed by atoms with Gasteiger partial charge in [0.25, 0.3) is 5.91 Å². The van der Waals surface area contributed by atoms with Crippen LogP contribution in [0, 0.1) is 0 Å². The standard InChI is InChI=1S/C16H13ClN2OS/c1-21-12-3-4-14(17)13(9-12)16(20)19-11-2-5-15-10(8-11)6-7-18-15/h2-9,18H,1H3,(H,19,20). The molecule has 0 unspecified atom stereocenters. The van der Waals surface area contributed by atoms with Crippen molar-refractivity contribution in [2.75, 3.05) is 11.6 Å². The van der Waals surface area contributed by atoms with Gasteiger partial charge in [-0.25, -0.2) is 0 Å². The zero-order chi connectivity index (χ0) is 14.8. The van der Waals surface area contributed by atoms with Gasteiger partial charge in [0.1, 0.15) is 0 Å². The molecule has 0 spiro atoms. The van der Waals surface area contributed by atoms with Crippen LogP contribution in [0.25, 0.3) is 10.9 Å². The van der Waals surface area contributed by atoms with Crippen LogP contribution < -0.4 is 5.32 Å². The lowest BCUT2D eigenvalue weighted by Gasteiger charge is -2.08. The van der Waals surface area contributed by atoms with Gasteiger partial charge in [-0.05, 0) is 48.7 Å². The third-order valence-corrected chi connectivity index (χ3v) is 4.28. The molecule has 0 aliphatic rings. The number of fused-ring (bicyclic) bond motifs is 1. The number of aromatic amines is 1. The largest absolute Gasteiger partial charge is 0.361 e.